The van der Waals surface area contributed by atoms with Crippen LogP contribution in [0.15, 0.2) is 54.1 Å². The monoisotopic (exact) mass is 834 g/mol. The molecule has 2 aromatic heterocycles. The number of hydrogen-bond acceptors (Lipinski definition) is 11. The molecule has 0 unspecified atom stereocenters. The predicted molar refractivity (Wildman–Crippen MR) is 228 cm³/mol. The molecular formula is C43H58N6O7S2. The molecule has 15 heteroatoms. The zero-order chi connectivity index (χ0) is 41.5. The van der Waals surface area contributed by atoms with Crippen LogP contribution in [-0.4, -0.2) is 83.0 Å². The van der Waals surface area contributed by atoms with E-state index in [0.717, 1.165) is 49.0 Å². The third-order valence-corrected chi connectivity index (χ3v) is 14.6. The van der Waals surface area contributed by atoms with E-state index in [1.165, 1.54) is 16.2 Å². The second kappa shape index (κ2) is 16.4. The molecule has 13 nitrogen and oxygen atoms in total. The summed E-state index contributed by atoms with van der Waals surface area (Å²) in [6.07, 6.45) is 11.5. The van der Waals surface area contributed by atoms with Gasteiger partial charge in [0.05, 0.1) is 35.2 Å². The number of amides is 2. The molecule has 2 aliphatic carbocycles. The van der Waals surface area contributed by atoms with E-state index in [9.17, 15) is 18.0 Å². The first-order valence-corrected chi connectivity index (χ1v) is 23.0. The number of carbonyl (C=O) groups is 2. The summed E-state index contributed by atoms with van der Waals surface area (Å²) in [6, 6.07) is 6.63. The number of nitrogens with zero attached hydrogens (tertiary/aromatic N) is 3. The van der Waals surface area contributed by atoms with E-state index >= 15 is 0 Å². The van der Waals surface area contributed by atoms with Gasteiger partial charge in [-0.15, -0.1) is 11.3 Å². The fourth-order valence-electron chi connectivity index (χ4n) is 8.11. The van der Waals surface area contributed by atoms with Crippen LogP contribution in [0.1, 0.15) is 105 Å². The molecule has 0 radical (unpaired) electrons. The Bertz CT molecular complexity index is 2180. The predicted octanol–water partition coefficient (Wildman–Crippen LogP) is 8.09. The largest absolute Gasteiger partial charge is 0.497 e. The van der Waals surface area contributed by atoms with Gasteiger partial charge in [-0.05, 0) is 85.3 Å². The number of hydrogen-bond donors (Lipinski definition) is 3. The lowest BCUT2D eigenvalue weighted by molar-refractivity contribution is -0.126. The summed E-state index contributed by atoms with van der Waals surface area (Å²) in [5.41, 5.74) is 0.318. The molecule has 4 atom stereocenters. The van der Waals surface area contributed by atoms with Crippen LogP contribution >= 0.6 is 11.3 Å². The van der Waals surface area contributed by atoms with Crippen molar-refractivity contribution in [1.82, 2.24) is 24.9 Å². The van der Waals surface area contributed by atoms with Crippen LogP contribution in [0.5, 0.6) is 11.5 Å². The molecule has 1 spiro atoms. The molecule has 58 heavy (non-hydrogen) atoms. The number of pyridine rings is 1. The lowest BCUT2D eigenvalue weighted by Crippen LogP contribution is -2.53. The molecular weight excluding hydrogens is 777 g/mol. The SMILES string of the molecule is C=C1NS(=O)(=O)C2(CCCCCCC/C=C/[C@@H]3C[C@]13NC(=O)[C@@H]1C[C@@H](Oc3cc(-c4csc(NC(C)C)n4)nc4cc(OC)ccc34)CN1C(=O)OC(C)(C)C)CC2. The van der Waals surface area contributed by atoms with E-state index in [4.69, 9.17) is 24.2 Å². The zero-order valence-corrected chi connectivity index (χ0v) is 36.2. The van der Waals surface area contributed by atoms with E-state index in [0.29, 0.717) is 54.1 Å². The Morgan fingerprint density at radius 2 is 1.81 bits per heavy atom. The molecule has 1 aromatic carbocycles. The van der Waals surface area contributed by atoms with Crippen LogP contribution in [0.4, 0.5) is 9.93 Å². The second-order valence-electron chi connectivity index (χ2n) is 17.6. The van der Waals surface area contributed by atoms with E-state index < -0.39 is 50.1 Å². The maximum atomic E-state index is 14.6. The fraction of sp³-hybridized carbons (Fsp3) is 0.581. The first-order valence-electron chi connectivity index (χ1n) is 20.6. The lowest BCUT2D eigenvalue weighted by atomic mass is 10.1. The Kier molecular flexibility index (Phi) is 11.8. The number of aromatic nitrogens is 2. The molecule has 2 aliphatic heterocycles. The average molecular weight is 835 g/mol. The van der Waals surface area contributed by atoms with Crippen molar-refractivity contribution in [3.05, 3.63) is 54.1 Å². The molecule has 2 saturated carbocycles. The molecule has 4 heterocycles. The number of rotatable bonds is 8. The summed E-state index contributed by atoms with van der Waals surface area (Å²) in [7, 11) is -2.15. The van der Waals surface area contributed by atoms with Crippen molar-refractivity contribution in [1.29, 1.82) is 0 Å². The summed E-state index contributed by atoms with van der Waals surface area (Å²) in [5, 5.41) is 9.99. The highest BCUT2D eigenvalue weighted by Gasteiger charge is 2.60. The molecule has 4 aliphatic rings. The second-order valence-corrected chi connectivity index (χ2v) is 20.6. The third kappa shape index (κ3) is 9.10. The van der Waals surface area contributed by atoms with E-state index in [1.54, 1.807) is 27.9 Å². The molecule has 1 saturated heterocycles. The number of carbonyl (C=O) groups excluding carboxylic acids is 2. The Hall–Kier alpha value is -4.37. The third-order valence-electron chi connectivity index (χ3n) is 11.6. The molecule has 3 aromatic rings. The molecule has 2 amide bonds. The van der Waals surface area contributed by atoms with Gasteiger partial charge in [-0.2, -0.15) is 0 Å². The van der Waals surface area contributed by atoms with Crippen LogP contribution in [0.3, 0.4) is 0 Å². The van der Waals surface area contributed by atoms with Crippen molar-refractivity contribution in [2.45, 2.75) is 139 Å². The Balaban J connectivity index is 1.17. The van der Waals surface area contributed by atoms with Crippen LogP contribution in [0.25, 0.3) is 22.3 Å². The van der Waals surface area contributed by atoms with Gasteiger partial charge in [-0.1, -0.05) is 44.4 Å². The van der Waals surface area contributed by atoms with Gasteiger partial charge < -0.3 is 24.8 Å². The normalized spacial score (nSPS) is 26.2. The van der Waals surface area contributed by atoms with Crippen molar-refractivity contribution in [2.24, 2.45) is 5.92 Å². The first kappa shape index (κ1) is 41.8. The summed E-state index contributed by atoms with van der Waals surface area (Å²) in [4.78, 5) is 39.5. The maximum absolute atomic E-state index is 14.6. The Morgan fingerprint density at radius 3 is 2.53 bits per heavy atom. The van der Waals surface area contributed by atoms with Gasteiger partial charge in [0.2, 0.25) is 15.9 Å². The van der Waals surface area contributed by atoms with Gasteiger partial charge in [0.25, 0.3) is 0 Å². The van der Waals surface area contributed by atoms with Crippen molar-refractivity contribution >= 4 is 49.4 Å². The molecule has 0 bridgehead atoms. The minimum Gasteiger partial charge on any atom is -0.497 e. The van der Waals surface area contributed by atoms with E-state index in [1.807, 2.05) is 29.6 Å². The van der Waals surface area contributed by atoms with Crippen LogP contribution < -0.4 is 24.8 Å². The standard InChI is InChI=1S/C43H58N6O7S2/c1-27(2)44-39-46-35(26-57-39)34-23-37(32-17-16-30(54-7)21-33(32)45-34)55-31-22-36(49(25-31)40(51)56-41(4,5)6)38(50)47-43-24-29(43)15-13-11-9-8-10-12-14-18-42(19-20-42)58(52,53)48-28(43)3/h13,15-17,21,23,26-27,29,31,36,48H,3,8-12,14,18-20,22,24-25H2,1-2,4-7H3,(H,44,46)(H,47,50)/b15-13+/t29-,31-,36+,43+/m1/s1. The molecule has 7 rings (SSSR count). The summed E-state index contributed by atoms with van der Waals surface area (Å²) in [6.45, 7) is 13.8. The number of anilines is 1. The molecule has 3 N–H and O–H groups in total. The number of nitrogens with one attached hydrogen (secondary N) is 3. The Morgan fingerprint density at radius 1 is 1.05 bits per heavy atom. The number of fused-ring (bicyclic) bond motifs is 2. The van der Waals surface area contributed by atoms with Crippen molar-refractivity contribution in [3.8, 4) is 22.9 Å². The van der Waals surface area contributed by atoms with E-state index in [-0.39, 0.29) is 30.6 Å². The van der Waals surface area contributed by atoms with Gasteiger partial charge >= 0.3 is 6.09 Å². The number of likely N-dealkylation sites (tertiary alicyclic amines) is 1. The number of thiazole rings is 1. The van der Waals surface area contributed by atoms with Gasteiger partial charge in [-0.25, -0.2) is 23.2 Å². The molecule has 3 fully saturated rings. The zero-order valence-electron chi connectivity index (χ0n) is 34.6. The van der Waals surface area contributed by atoms with Gasteiger partial charge in [0.1, 0.15) is 34.9 Å². The van der Waals surface area contributed by atoms with E-state index in [2.05, 4.69) is 47.9 Å². The lowest BCUT2D eigenvalue weighted by Gasteiger charge is -2.30. The number of methoxy groups -OCH3 is 1. The highest BCUT2D eigenvalue weighted by Crippen LogP contribution is 2.52. The quantitative estimate of drug-likeness (QED) is 0.189. The maximum Gasteiger partial charge on any atom is 0.411 e. The minimum absolute atomic E-state index is 0.0773. The molecule has 314 valence electrons. The van der Waals surface area contributed by atoms with Crippen LogP contribution in [-0.2, 0) is 19.6 Å². The first-order chi connectivity index (χ1) is 27.5. The van der Waals surface area contributed by atoms with Crippen LogP contribution in [0, 0.1) is 5.92 Å². The topological polar surface area (TPSA) is 161 Å². The van der Waals surface area contributed by atoms with Crippen LogP contribution in [0.2, 0.25) is 0 Å². The highest BCUT2D eigenvalue weighted by molar-refractivity contribution is 7.91. The van der Waals surface area contributed by atoms with Gasteiger partial charge in [-0.3, -0.25) is 14.4 Å². The smallest absolute Gasteiger partial charge is 0.411 e. The minimum atomic E-state index is -3.74. The summed E-state index contributed by atoms with van der Waals surface area (Å²) >= 11 is 1.49. The van der Waals surface area contributed by atoms with Crippen molar-refractivity contribution in [3.63, 3.8) is 0 Å². The van der Waals surface area contributed by atoms with Gasteiger partial charge in [0.15, 0.2) is 5.13 Å². The average Bonchev–Trinajstić information content (AvgIpc) is 3.98. The number of sulfonamides is 1. The number of ether oxygens (including phenoxy) is 3. The van der Waals surface area contributed by atoms with Crippen molar-refractivity contribution in [2.75, 3.05) is 19.0 Å². The fourth-order valence-corrected chi connectivity index (χ4v) is 10.7. The Labute approximate surface area is 346 Å². The summed E-state index contributed by atoms with van der Waals surface area (Å²) in [5.74, 6) is 0.573. The highest BCUT2D eigenvalue weighted by atomic mass is 32.2. The van der Waals surface area contributed by atoms with Gasteiger partial charge in [0, 0.05) is 47.0 Å². The van der Waals surface area contributed by atoms with Crippen molar-refractivity contribution < 1.29 is 32.2 Å². The number of benzene rings is 1. The number of allylic oxidation sites excluding steroid dienone is 1. The summed E-state index contributed by atoms with van der Waals surface area (Å²) < 4.78 is 47.8.